The molecular formula is C12H19NO5. The normalized spacial score (nSPS) is 20.4. The van der Waals surface area contributed by atoms with E-state index in [0.717, 1.165) is 6.42 Å². The Kier molecular flexibility index (Phi) is 5.77. The molecule has 1 aliphatic rings. The van der Waals surface area contributed by atoms with Gasteiger partial charge < -0.3 is 15.2 Å². The molecule has 1 heterocycles. The van der Waals surface area contributed by atoms with Gasteiger partial charge >= 0.3 is 5.97 Å². The van der Waals surface area contributed by atoms with Crippen molar-refractivity contribution in [3.05, 3.63) is 0 Å². The van der Waals surface area contributed by atoms with Gasteiger partial charge in [0.1, 0.15) is 17.9 Å². The Labute approximate surface area is 106 Å². The van der Waals surface area contributed by atoms with Gasteiger partial charge in [-0.2, -0.15) is 0 Å². The number of carbonyl (C=O) groups excluding carboxylic acids is 2. The minimum atomic E-state index is -1.12. The summed E-state index contributed by atoms with van der Waals surface area (Å²) in [4.78, 5) is 33.8. The number of nitrogens with one attached hydrogen (secondary N) is 1. The summed E-state index contributed by atoms with van der Waals surface area (Å²) in [5.74, 6) is -1.53. The second-order valence-electron chi connectivity index (χ2n) is 4.33. The maximum Gasteiger partial charge on any atom is 0.326 e. The summed E-state index contributed by atoms with van der Waals surface area (Å²) in [6, 6.07) is -1.02. The van der Waals surface area contributed by atoms with Crippen molar-refractivity contribution in [1.29, 1.82) is 0 Å². The van der Waals surface area contributed by atoms with Crippen LogP contribution in [0.25, 0.3) is 0 Å². The maximum atomic E-state index is 11.7. The Hall–Kier alpha value is -1.43. The number of rotatable bonds is 7. The van der Waals surface area contributed by atoms with Crippen molar-refractivity contribution in [3.63, 3.8) is 0 Å². The van der Waals surface area contributed by atoms with Crippen molar-refractivity contribution in [2.24, 2.45) is 0 Å². The molecular weight excluding hydrogens is 238 g/mol. The molecule has 0 aliphatic carbocycles. The first kappa shape index (κ1) is 14.6. The Morgan fingerprint density at radius 3 is 2.67 bits per heavy atom. The Bertz CT molecular complexity index is 322. The average molecular weight is 257 g/mol. The van der Waals surface area contributed by atoms with Crippen LogP contribution in [0.4, 0.5) is 0 Å². The highest BCUT2D eigenvalue weighted by atomic mass is 16.5. The second kappa shape index (κ2) is 7.10. The van der Waals surface area contributed by atoms with Crippen molar-refractivity contribution in [2.45, 2.75) is 51.2 Å². The van der Waals surface area contributed by atoms with E-state index in [4.69, 9.17) is 9.84 Å². The summed E-state index contributed by atoms with van der Waals surface area (Å²) in [5, 5.41) is 11.4. The molecule has 0 spiro atoms. The van der Waals surface area contributed by atoms with E-state index in [-0.39, 0.29) is 18.6 Å². The number of hydrogen-bond donors (Lipinski definition) is 2. The van der Waals surface area contributed by atoms with E-state index in [1.54, 1.807) is 6.92 Å². The molecule has 102 valence electrons. The molecule has 1 amide bonds. The van der Waals surface area contributed by atoms with Gasteiger partial charge in [0.2, 0.25) is 5.91 Å². The van der Waals surface area contributed by atoms with Crippen LogP contribution in [0.15, 0.2) is 0 Å². The quantitative estimate of drug-likeness (QED) is 0.692. The van der Waals surface area contributed by atoms with Crippen LogP contribution in [0.1, 0.15) is 39.0 Å². The van der Waals surface area contributed by atoms with Gasteiger partial charge in [0.05, 0.1) is 0 Å². The molecule has 0 aromatic heterocycles. The number of carboxylic acids is 1. The number of carbonyl (C=O) groups is 3. The number of hydrogen-bond acceptors (Lipinski definition) is 4. The number of aliphatic carboxylic acids is 1. The molecule has 2 N–H and O–H groups in total. The molecule has 0 unspecified atom stereocenters. The van der Waals surface area contributed by atoms with Crippen molar-refractivity contribution >= 4 is 17.7 Å². The summed E-state index contributed by atoms with van der Waals surface area (Å²) in [7, 11) is 0. The Morgan fingerprint density at radius 2 is 2.17 bits per heavy atom. The van der Waals surface area contributed by atoms with Crippen molar-refractivity contribution in [2.75, 3.05) is 6.61 Å². The lowest BCUT2D eigenvalue weighted by Gasteiger charge is -2.16. The molecule has 0 radical (unpaired) electrons. The molecule has 6 nitrogen and oxygen atoms in total. The number of carboxylic acid groups (broad SMARTS) is 1. The van der Waals surface area contributed by atoms with Gasteiger partial charge in [0.25, 0.3) is 0 Å². The summed E-state index contributed by atoms with van der Waals surface area (Å²) in [6.45, 7) is 2.26. The first-order valence-corrected chi connectivity index (χ1v) is 6.21. The Morgan fingerprint density at radius 1 is 1.44 bits per heavy atom. The number of amides is 1. The molecule has 0 aromatic rings. The molecule has 1 aliphatic heterocycles. The van der Waals surface area contributed by atoms with Gasteiger partial charge in [-0.05, 0) is 19.3 Å². The van der Waals surface area contributed by atoms with Gasteiger partial charge in [0, 0.05) is 19.4 Å². The third kappa shape index (κ3) is 4.44. The van der Waals surface area contributed by atoms with Crippen molar-refractivity contribution in [1.82, 2.24) is 5.32 Å². The van der Waals surface area contributed by atoms with Gasteiger partial charge in [-0.3, -0.25) is 9.59 Å². The molecule has 0 bridgehead atoms. The van der Waals surface area contributed by atoms with Crippen molar-refractivity contribution < 1.29 is 24.2 Å². The van der Waals surface area contributed by atoms with Crippen LogP contribution >= 0.6 is 0 Å². The molecule has 18 heavy (non-hydrogen) atoms. The van der Waals surface area contributed by atoms with E-state index >= 15 is 0 Å². The molecule has 1 saturated heterocycles. The van der Waals surface area contributed by atoms with Gasteiger partial charge in [0.15, 0.2) is 0 Å². The van der Waals surface area contributed by atoms with Crippen LogP contribution < -0.4 is 5.32 Å². The minimum absolute atomic E-state index is 0.00684. The van der Waals surface area contributed by atoms with Gasteiger partial charge in [-0.1, -0.05) is 6.92 Å². The summed E-state index contributed by atoms with van der Waals surface area (Å²) >= 11 is 0. The third-order valence-electron chi connectivity index (χ3n) is 2.94. The first-order chi connectivity index (χ1) is 8.54. The smallest absolute Gasteiger partial charge is 0.326 e. The lowest BCUT2D eigenvalue weighted by molar-refractivity contribution is -0.144. The predicted molar refractivity (Wildman–Crippen MR) is 63.1 cm³/mol. The number of ketones is 1. The lowest BCUT2D eigenvalue weighted by Crippen LogP contribution is -2.45. The monoisotopic (exact) mass is 257 g/mol. The van der Waals surface area contributed by atoms with Crippen molar-refractivity contribution in [3.8, 4) is 0 Å². The van der Waals surface area contributed by atoms with Gasteiger partial charge in [-0.25, -0.2) is 4.79 Å². The fraction of sp³-hybridized carbons (Fsp3) is 0.750. The zero-order valence-electron chi connectivity index (χ0n) is 10.5. The molecule has 0 aromatic carbocycles. The lowest BCUT2D eigenvalue weighted by atomic mass is 10.1. The van der Waals surface area contributed by atoms with Crippen LogP contribution in [0.2, 0.25) is 0 Å². The minimum Gasteiger partial charge on any atom is -0.480 e. The fourth-order valence-corrected chi connectivity index (χ4v) is 1.79. The topological polar surface area (TPSA) is 92.7 Å². The van der Waals surface area contributed by atoms with Crippen LogP contribution in [0.3, 0.4) is 0 Å². The highest BCUT2D eigenvalue weighted by Crippen LogP contribution is 2.12. The van der Waals surface area contributed by atoms with Gasteiger partial charge in [-0.15, -0.1) is 0 Å². The van der Waals surface area contributed by atoms with E-state index in [1.165, 1.54) is 0 Å². The Balaban J connectivity index is 2.44. The third-order valence-corrected chi connectivity index (χ3v) is 2.94. The fourth-order valence-electron chi connectivity index (χ4n) is 1.79. The standard InChI is InChI=1S/C12H19NO5/c1-2-8(14)5-6-9(12(16)17)13-11(15)10-4-3-7-18-10/h9-10H,2-7H2,1H3,(H,13,15)(H,16,17)/t9-,10+/m0/s1. The maximum absolute atomic E-state index is 11.7. The zero-order valence-corrected chi connectivity index (χ0v) is 10.5. The molecule has 2 atom stereocenters. The summed E-state index contributed by atoms with van der Waals surface area (Å²) in [6.07, 6.45) is 1.55. The van der Waals surface area contributed by atoms with E-state index < -0.39 is 24.0 Å². The first-order valence-electron chi connectivity index (χ1n) is 6.21. The predicted octanol–water partition coefficient (Wildman–Crippen LogP) is 0.494. The van der Waals surface area contributed by atoms with E-state index in [1.807, 2.05) is 0 Å². The van der Waals surface area contributed by atoms with Crippen LogP contribution in [0.5, 0.6) is 0 Å². The summed E-state index contributed by atoms with van der Waals surface area (Å²) < 4.78 is 5.17. The van der Waals surface area contributed by atoms with E-state index in [0.29, 0.717) is 19.4 Å². The molecule has 6 heteroatoms. The summed E-state index contributed by atoms with van der Waals surface area (Å²) in [5.41, 5.74) is 0. The number of Topliss-reactive ketones (excluding diaryl/α,β-unsaturated/α-hetero) is 1. The van der Waals surface area contributed by atoms with Crippen LogP contribution in [-0.2, 0) is 19.1 Å². The largest absolute Gasteiger partial charge is 0.480 e. The van der Waals surface area contributed by atoms with E-state index in [9.17, 15) is 14.4 Å². The second-order valence-corrected chi connectivity index (χ2v) is 4.33. The van der Waals surface area contributed by atoms with E-state index in [2.05, 4.69) is 5.32 Å². The van der Waals surface area contributed by atoms with Crippen LogP contribution in [-0.4, -0.2) is 41.5 Å². The molecule has 1 fully saturated rings. The highest BCUT2D eigenvalue weighted by Gasteiger charge is 2.28. The van der Waals surface area contributed by atoms with Crippen LogP contribution in [0, 0.1) is 0 Å². The zero-order chi connectivity index (χ0) is 13.5. The molecule has 1 rings (SSSR count). The molecule has 0 saturated carbocycles. The number of ether oxygens (including phenoxy) is 1. The highest BCUT2D eigenvalue weighted by molar-refractivity contribution is 5.87. The SMILES string of the molecule is CCC(=O)CC[C@H](NC(=O)[C@H]1CCCO1)C(=O)O. The average Bonchev–Trinajstić information content (AvgIpc) is 2.87.